The largest absolute Gasteiger partial charge is 0.392 e. The van der Waals surface area contributed by atoms with Gasteiger partial charge in [0.25, 0.3) is 5.91 Å². The smallest absolute Gasteiger partial charge is 0.253 e. The molecule has 0 bridgehead atoms. The molecule has 0 radical (unpaired) electrons. The van der Waals surface area contributed by atoms with Gasteiger partial charge < -0.3 is 15.3 Å². The first-order valence-electron chi connectivity index (χ1n) is 8.16. The quantitative estimate of drug-likeness (QED) is 0.877. The zero-order valence-electron chi connectivity index (χ0n) is 13.6. The minimum Gasteiger partial charge on any atom is -0.392 e. The minimum atomic E-state index is 0.0624. The molecule has 24 heavy (non-hydrogen) atoms. The maximum atomic E-state index is 12.6. The number of hydrogen-bond acceptors (Lipinski definition) is 4. The number of rotatable bonds is 5. The lowest BCUT2D eigenvalue weighted by molar-refractivity contribution is 0.0772. The van der Waals surface area contributed by atoms with Crippen LogP contribution in [0, 0.1) is 0 Å². The van der Waals surface area contributed by atoms with Crippen molar-refractivity contribution in [1.29, 1.82) is 0 Å². The van der Waals surface area contributed by atoms with Gasteiger partial charge in [-0.25, -0.2) is 0 Å². The Morgan fingerprint density at radius 1 is 1.08 bits per heavy atom. The maximum absolute atomic E-state index is 12.6. The second-order valence-electron chi connectivity index (χ2n) is 5.81. The van der Waals surface area contributed by atoms with Crippen molar-refractivity contribution < 1.29 is 9.90 Å². The lowest BCUT2D eigenvalue weighted by Crippen LogP contribution is -2.37. The number of aliphatic hydroxyl groups is 1. The molecule has 4 nitrogen and oxygen atoms in total. The molecule has 3 rings (SSSR count). The van der Waals surface area contributed by atoms with E-state index < -0.39 is 0 Å². The lowest BCUT2D eigenvalue weighted by atomic mass is 10.1. The molecule has 0 unspecified atom stereocenters. The van der Waals surface area contributed by atoms with E-state index in [0.29, 0.717) is 6.54 Å². The van der Waals surface area contributed by atoms with Crippen molar-refractivity contribution in [3.63, 3.8) is 0 Å². The molecule has 0 atom stereocenters. The number of nitrogens with zero attached hydrogens (tertiary/aromatic N) is 1. The van der Waals surface area contributed by atoms with Gasteiger partial charge in [-0.3, -0.25) is 4.79 Å². The van der Waals surface area contributed by atoms with E-state index in [2.05, 4.69) is 5.32 Å². The second kappa shape index (κ2) is 8.22. The van der Waals surface area contributed by atoms with E-state index in [1.54, 1.807) is 0 Å². The summed E-state index contributed by atoms with van der Waals surface area (Å²) < 4.78 is 0. The fraction of sp³-hybridized carbons (Fsp3) is 0.316. The van der Waals surface area contributed by atoms with E-state index in [4.69, 9.17) is 5.11 Å². The van der Waals surface area contributed by atoms with Crippen molar-refractivity contribution in [3.05, 3.63) is 65.2 Å². The second-order valence-corrected chi connectivity index (χ2v) is 7.04. The fourth-order valence-electron chi connectivity index (χ4n) is 2.68. The van der Waals surface area contributed by atoms with E-state index in [0.717, 1.165) is 47.0 Å². The van der Waals surface area contributed by atoms with Crippen LogP contribution in [-0.2, 0) is 13.2 Å². The third-order valence-electron chi connectivity index (χ3n) is 4.11. The monoisotopic (exact) mass is 342 g/mol. The third kappa shape index (κ3) is 4.30. The molecule has 0 saturated carbocycles. The summed E-state index contributed by atoms with van der Waals surface area (Å²) >= 11 is 1.90. The Hall–Kier alpha value is -1.98. The van der Waals surface area contributed by atoms with Crippen LogP contribution in [0.2, 0.25) is 0 Å². The molecule has 2 N–H and O–H groups in total. The van der Waals surface area contributed by atoms with Gasteiger partial charge >= 0.3 is 0 Å². The molecule has 1 aliphatic rings. The van der Waals surface area contributed by atoms with Gasteiger partial charge in [0.1, 0.15) is 0 Å². The average Bonchev–Trinajstić information content (AvgIpc) is 2.67. The molecule has 5 heteroatoms. The summed E-state index contributed by atoms with van der Waals surface area (Å²) in [6.45, 7) is 2.41. The number of carbonyl (C=O) groups excluding carboxylic acids is 1. The highest BCUT2D eigenvalue weighted by atomic mass is 32.2. The number of benzene rings is 2. The number of amides is 1. The topological polar surface area (TPSA) is 52.6 Å². The van der Waals surface area contributed by atoms with E-state index >= 15 is 0 Å². The van der Waals surface area contributed by atoms with Crippen LogP contribution in [0.1, 0.15) is 21.5 Å². The summed E-state index contributed by atoms with van der Waals surface area (Å²) in [5.74, 6) is 2.16. The van der Waals surface area contributed by atoms with Gasteiger partial charge in [0.15, 0.2) is 0 Å². The first-order chi connectivity index (χ1) is 11.8. The van der Waals surface area contributed by atoms with Gasteiger partial charge in [-0.2, -0.15) is 11.8 Å². The van der Waals surface area contributed by atoms with Gasteiger partial charge in [-0.1, -0.05) is 30.3 Å². The van der Waals surface area contributed by atoms with E-state index in [1.165, 1.54) is 0 Å². The van der Waals surface area contributed by atoms with Crippen LogP contribution >= 0.6 is 11.8 Å². The van der Waals surface area contributed by atoms with Gasteiger partial charge in [0.2, 0.25) is 0 Å². The molecule has 0 spiro atoms. The van der Waals surface area contributed by atoms with Gasteiger partial charge in [0.05, 0.1) is 6.61 Å². The van der Waals surface area contributed by atoms with Crippen LogP contribution in [0.3, 0.4) is 0 Å². The van der Waals surface area contributed by atoms with Crippen molar-refractivity contribution in [3.8, 4) is 0 Å². The fourth-order valence-corrected chi connectivity index (χ4v) is 3.58. The van der Waals surface area contributed by atoms with Crippen molar-refractivity contribution in [1.82, 2.24) is 4.90 Å². The van der Waals surface area contributed by atoms with Crippen LogP contribution in [0.15, 0.2) is 48.5 Å². The van der Waals surface area contributed by atoms with E-state index in [9.17, 15) is 4.79 Å². The molecular weight excluding hydrogens is 320 g/mol. The molecular formula is C19H22N2O2S. The predicted octanol–water partition coefficient (Wildman–Crippen LogP) is 2.98. The molecule has 2 aromatic rings. The lowest BCUT2D eigenvalue weighted by Gasteiger charge is -2.26. The Balaban J connectivity index is 1.62. The Morgan fingerprint density at radius 2 is 1.79 bits per heavy atom. The molecule has 126 valence electrons. The van der Waals surface area contributed by atoms with Gasteiger partial charge in [0, 0.05) is 42.4 Å². The Labute approximate surface area is 146 Å². The minimum absolute atomic E-state index is 0.0624. The SMILES string of the molecule is O=C(c1cccc(NCc2ccc(CO)cc2)c1)N1CCSCC1. The number of carbonyl (C=O) groups is 1. The summed E-state index contributed by atoms with van der Waals surface area (Å²) in [6, 6.07) is 15.5. The highest BCUT2D eigenvalue weighted by Gasteiger charge is 2.18. The summed E-state index contributed by atoms with van der Waals surface area (Å²) in [6.07, 6.45) is 0. The zero-order chi connectivity index (χ0) is 16.8. The third-order valence-corrected chi connectivity index (χ3v) is 5.05. The van der Waals surface area contributed by atoms with Crippen molar-refractivity contribution in [2.45, 2.75) is 13.2 Å². The van der Waals surface area contributed by atoms with E-state index in [1.807, 2.05) is 65.2 Å². The van der Waals surface area contributed by atoms with Gasteiger partial charge in [-0.15, -0.1) is 0 Å². The van der Waals surface area contributed by atoms with E-state index in [-0.39, 0.29) is 12.5 Å². The Kier molecular flexibility index (Phi) is 5.77. The number of nitrogens with one attached hydrogen (secondary N) is 1. The molecule has 2 aromatic carbocycles. The van der Waals surface area contributed by atoms with Crippen LogP contribution in [0.5, 0.6) is 0 Å². The number of thioether (sulfide) groups is 1. The zero-order valence-corrected chi connectivity index (χ0v) is 14.4. The van der Waals surface area contributed by atoms with Crippen LogP contribution in [0.4, 0.5) is 5.69 Å². The summed E-state index contributed by atoms with van der Waals surface area (Å²) in [4.78, 5) is 14.5. The van der Waals surface area contributed by atoms with Crippen molar-refractivity contribution in [2.75, 3.05) is 29.9 Å². The molecule has 0 aliphatic carbocycles. The Morgan fingerprint density at radius 3 is 2.50 bits per heavy atom. The van der Waals surface area contributed by atoms with Crippen LogP contribution < -0.4 is 5.32 Å². The molecule has 1 heterocycles. The summed E-state index contributed by atoms with van der Waals surface area (Å²) in [5, 5.41) is 12.4. The van der Waals surface area contributed by atoms with Crippen molar-refractivity contribution >= 4 is 23.4 Å². The summed E-state index contributed by atoms with van der Waals surface area (Å²) in [5.41, 5.74) is 3.73. The van der Waals surface area contributed by atoms with Gasteiger partial charge in [-0.05, 0) is 29.3 Å². The molecule has 1 fully saturated rings. The molecule has 1 amide bonds. The first kappa shape index (κ1) is 16.9. The Bertz CT molecular complexity index is 682. The number of hydrogen-bond donors (Lipinski definition) is 2. The normalized spacial score (nSPS) is 14.5. The molecule has 0 aromatic heterocycles. The predicted molar refractivity (Wildman–Crippen MR) is 99.4 cm³/mol. The number of aliphatic hydroxyl groups excluding tert-OH is 1. The van der Waals surface area contributed by atoms with Crippen molar-refractivity contribution in [2.24, 2.45) is 0 Å². The first-order valence-corrected chi connectivity index (χ1v) is 9.31. The van der Waals surface area contributed by atoms with Crippen LogP contribution in [-0.4, -0.2) is 40.5 Å². The van der Waals surface area contributed by atoms with Crippen LogP contribution in [0.25, 0.3) is 0 Å². The molecule has 1 aliphatic heterocycles. The summed E-state index contributed by atoms with van der Waals surface area (Å²) in [7, 11) is 0. The highest BCUT2D eigenvalue weighted by molar-refractivity contribution is 7.99. The molecule has 1 saturated heterocycles. The average molecular weight is 342 g/mol. The highest BCUT2D eigenvalue weighted by Crippen LogP contribution is 2.17. The standard InChI is InChI=1S/C19H22N2O2S/c22-14-16-6-4-15(5-7-16)13-20-18-3-1-2-17(12-18)19(23)21-8-10-24-11-9-21/h1-7,12,20,22H,8-11,13-14H2. The maximum Gasteiger partial charge on any atom is 0.253 e. The number of anilines is 1.